The predicted molar refractivity (Wildman–Crippen MR) is 60.5 cm³/mol. The van der Waals surface area contributed by atoms with Gasteiger partial charge < -0.3 is 4.74 Å². The lowest BCUT2D eigenvalue weighted by atomic mass is 10.3. The first kappa shape index (κ1) is 10.2. The van der Waals surface area contributed by atoms with Gasteiger partial charge in [-0.1, -0.05) is 0 Å². The number of fused-ring (bicyclic) bond motifs is 1. The molecule has 5 heteroatoms. The van der Waals surface area contributed by atoms with Crippen molar-refractivity contribution in [1.82, 2.24) is 9.38 Å². The van der Waals surface area contributed by atoms with Crippen LogP contribution < -0.4 is 10.3 Å². The first-order valence-electron chi connectivity index (χ1n) is 4.35. The Hall–Kier alpha value is -1.36. The molecule has 78 valence electrons. The number of halogens is 1. The molecule has 4 nitrogen and oxygen atoms in total. The molecular weight excluding hydrogens is 260 g/mol. The SMILES string of the molecule is COc1cc(=O)n2cc(C)cc(Br)c2n1. The van der Waals surface area contributed by atoms with E-state index in [-0.39, 0.29) is 5.56 Å². The van der Waals surface area contributed by atoms with Crippen molar-refractivity contribution in [2.45, 2.75) is 6.92 Å². The molecule has 0 bridgehead atoms. The van der Waals surface area contributed by atoms with Crippen LogP contribution in [0.3, 0.4) is 0 Å². The van der Waals surface area contributed by atoms with Gasteiger partial charge in [0.15, 0.2) is 5.65 Å². The standard InChI is InChI=1S/C10H9BrN2O2/c1-6-3-7(11)10-12-8(15-2)4-9(14)13(10)5-6/h3-5H,1-2H3. The average molecular weight is 269 g/mol. The van der Waals surface area contributed by atoms with Crippen molar-refractivity contribution >= 4 is 21.6 Å². The Morgan fingerprint density at radius 1 is 1.47 bits per heavy atom. The van der Waals surface area contributed by atoms with E-state index in [1.54, 1.807) is 6.20 Å². The maximum absolute atomic E-state index is 11.7. The molecule has 0 aliphatic heterocycles. The minimum atomic E-state index is -0.152. The number of nitrogens with zero attached hydrogens (tertiary/aromatic N) is 2. The lowest BCUT2D eigenvalue weighted by Crippen LogP contribution is -2.14. The number of aromatic nitrogens is 2. The summed E-state index contributed by atoms with van der Waals surface area (Å²) in [4.78, 5) is 15.9. The van der Waals surface area contributed by atoms with E-state index in [4.69, 9.17) is 4.74 Å². The highest BCUT2D eigenvalue weighted by atomic mass is 79.9. The zero-order chi connectivity index (χ0) is 11.0. The largest absolute Gasteiger partial charge is 0.481 e. The summed E-state index contributed by atoms with van der Waals surface area (Å²) < 4.78 is 7.21. The molecule has 0 aromatic carbocycles. The van der Waals surface area contributed by atoms with Crippen molar-refractivity contribution < 1.29 is 4.74 Å². The van der Waals surface area contributed by atoms with Gasteiger partial charge >= 0.3 is 0 Å². The molecular formula is C10H9BrN2O2. The number of aryl methyl sites for hydroxylation is 1. The van der Waals surface area contributed by atoms with E-state index < -0.39 is 0 Å². The van der Waals surface area contributed by atoms with Gasteiger partial charge in [0.2, 0.25) is 5.88 Å². The van der Waals surface area contributed by atoms with Crippen LogP contribution in [-0.4, -0.2) is 16.5 Å². The molecule has 0 amide bonds. The normalized spacial score (nSPS) is 10.6. The molecule has 2 rings (SSSR count). The molecule has 0 aliphatic rings. The van der Waals surface area contributed by atoms with E-state index >= 15 is 0 Å². The molecule has 0 saturated carbocycles. The molecule has 0 unspecified atom stereocenters. The highest BCUT2D eigenvalue weighted by molar-refractivity contribution is 9.10. The Kier molecular flexibility index (Phi) is 2.48. The smallest absolute Gasteiger partial charge is 0.261 e. The van der Waals surface area contributed by atoms with Crippen molar-refractivity contribution in [3.8, 4) is 5.88 Å². The molecule has 0 N–H and O–H groups in total. The van der Waals surface area contributed by atoms with Crippen LogP contribution in [0.25, 0.3) is 5.65 Å². The van der Waals surface area contributed by atoms with Crippen LogP contribution in [0.1, 0.15) is 5.56 Å². The minimum Gasteiger partial charge on any atom is -0.481 e. The highest BCUT2D eigenvalue weighted by Gasteiger charge is 2.06. The van der Waals surface area contributed by atoms with Crippen LogP contribution in [0.4, 0.5) is 0 Å². The first-order valence-corrected chi connectivity index (χ1v) is 5.14. The summed E-state index contributed by atoms with van der Waals surface area (Å²) in [5.74, 6) is 0.324. The Bertz CT molecular complexity index is 577. The molecule has 0 fully saturated rings. The summed E-state index contributed by atoms with van der Waals surface area (Å²) in [6.45, 7) is 1.92. The van der Waals surface area contributed by atoms with Crippen molar-refractivity contribution in [3.63, 3.8) is 0 Å². The van der Waals surface area contributed by atoms with Crippen LogP contribution in [0, 0.1) is 6.92 Å². The van der Waals surface area contributed by atoms with Crippen LogP contribution in [0.15, 0.2) is 27.6 Å². The lowest BCUT2D eigenvalue weighted by molar-refractivity contribution is 0.397. The molecule has 2 aromatic rings. The lowest BCUT2D eigenvalue weighted by Gasteiger charge is -2.05. The highest BCUT2D eigenvalue weighted by Crippen LogP contribution is 2.18. The molecule has 0 atom stereocenters. The van der Waals surface area contributed by atoms with Gasteiger partial charge in [0.05, 0.1) is 17.6 Å². The monoisotopic (exact) mass is 268 g/mol. The number of hydrogen-bond acceptors (Lipinski definition) is 3. The number of ether oxygens (including phenoxy) is 1. The van der Waals surface area contributed by atoms with Crippen molar-refractivity contribution in [2.24, 2.45) is 0 Å². The summed E-state index contributed by atoms with van der Waals surface area (Å²) in [5.41, 5.74) is 1.40. The first-order chi connectivity index (χ1) is 7.11. The van der Waals surface area contributed by atoms with Gasteiger partial charge in [0.25, 0.3) is 5.56 Å². The number of methoxy groups -OCH3 is 1. The third-order valence-corrected chi connectivity index (χ3v) is 2.62. The van der Waals surface area contributed by atoms with E-state index in [0.29, 0.717) is 11.5 Å². The maximum atomic E-state index is 11.7. The molecule has 0 radical (unpaired) electrons. The quantitative estimate of drug-likeness (QED) is 0.792. The van der Waals surface area contributed by atoms with Gasteiger partial charge in [-0.25, -0.2) is 0 Å². The third-order valence-electron chi connectivity index (χ3n) is 2.04. The fourth-order valence-corrected chi connectivity index (χ4v) is 2.01. The molecule has 15 heavy (non-hydrogen) atoms. The summed E-state index contributed by atoms with van der Waals surface area (Å²) in [5, 5.41) is 0. The van der Waals surface area contributed by atoms with Gasteiger partial charge in [-0.3, -0.25) is 9.20 Å². The van der Waals surface area contributed by atoms with Crippen molar-refractivity contribution in [1.29, 1.82) is 0 Å². The van der Waals surface area contributed by atoms with Crippen LogP contribution in [0.2, 0.25) is 0 Å². The van der Waals surface area contributed by atoms with Crippen LogP contribution in [-0.2, 0) is 0 Å². The summed E-state index contributed by atoms with van der Waals surface area (Å²) >= 11 is 3.37. The number of pyridine rings is 1. The zero-order valence-electron chi connectivity index (χ0n) is 8.32. The summed E-state index contributed by atoms with van der Waals surface area (Å²) in [7, 11) is 1.49. The predicted octanol–water partition coefficient (Wildman–Crippen LogP) is 1.77. The van der Waals surface area contributed by atoms with E-state index in [9.17, 15) is 4.79 Å². The van der Waals surface area contributed by atoms with E-state index in [1.165, 1.54) is 17.6 Å². The zero-order valence-corrected chi connectivity index (χ0v) is 9.91. The van der Waals surface area contributed by atoms with Gasteiger partial charge in [0.1, 0.15) is 0 Å². The maximum Gasteiger partial charge on any atom is 0.261 e. The Morgan fingerprint density at radius 2 is 2.20 bits per heavy atom. The summed E-state index contributed by atoms with van der Waals surface area (Å²) in [6, 6.07) is 3.26. The average Bonchev–Trinajstić information content (AvgIpc) is 2.19. The second-order valence-corrected chi connectivity index (χ2v) is 4.05. The van der Waals surface area contributed by atoms with E-state index in [1.807, 2.05) is 13.0 Å². The van der Waals surface area contributed by atoms with Crippen LogP contribution >= 0.6 is 15.9 Å². The molecule has 0 saturated heterocycles. The van der Waals surface area contributed by atoms with E-state index in [2.05, 4.69) is 20.9 Å². The molecule has 0 aliphatic carbocycles. The van der Waals surface area contributed by atoms with Crippen molar-refractivity contribution in [3.05, 3.63) is 38.7 Å². The van der Waals surface area contributed by atoms with Crippen molar-refractivity contribution in [2.75, 3.05) is 7.11 Å². The van der Waals surface area contributed by atoms with E-state index in [0.717, 1.165) is 10.0 Å². The fourth-order valence-electron chi connectivity index (χ4n) is 1.37. The molecule has 2 heterocycles. The topological polar surface area (TPSA) is 43.6 Å². The van der Waals surface area contributed by atoms with Gasteiger partial charge in [-0.2, -0.15) is 4.98 Å². The molecule has 0 spiro atoms. The number of hydrogen-bond donors (Lipinski definition) is 0. The van der Waals surface area contributed by atoms with Gasteiger partial charge in [-0.05, 0) is 34.5 Å². The second kappa shape index (κ2) is 3.66. The summed E-state index contributed by atoms with van der Waals surface area (Å²) in [6.07, 6.45) is 1.74. The fraction of sp³-hybridized carbons (Fsp3) is 0.200. The second-order valence-electron chi connectivity index (χ2n) is 3.20. The van der Waals surface area contributed by atoms with Gasteiger partial charge in [0, 0.05) is 6.20 Å². The Morgan fingerprint density at radius 3 is 2.87 bits per heavy atom. The Labute approximate surface area is 94.7 Å². The minimum absolute atomic E-state index is 0.152. The van der Waals surface area contributed by atoms with Gasteiger partial charge in [-0.15, -0.1) is 0 Å². The number of rotatable bonds is 1. The third kappa shape index (κ3) is 1.74. The Balaban J connectivity index is 2.91. The van der Waals surface area contributed by atoms with Crippen LogP contribution in [0.5, 0.6) is 5.88 Å². The molecule has 2 aromatic heterocycles.